The van der Waals surface area contributed by atoms with Crippen molar-refractivity contribution in [3.8, 4) is 23.0 Å². The van der Waals surface area contributed by atoms with Crippen LogP contribution in [-0.2, 0) is 16.0 Å². The van der Waals surface area contributed by atoms with Gasteiger partial charge in [-0.3, -0.25) is 9.59 Å². The third kappa shape index (κ3) is 8.61. The van der Waals surface area contributed by atoms with E-state index < -0.39 is 5.97 Å². The van der Waals surface area contributed by atoms with Gasteiger partial charge in [-0.25, -0.2) is 0 Å². The van der Waals surface area contributed by atoms with Crippen LogP contribution in [0.4, 0.5) is 0 Å². The summed E-state index contributed by atoms with van der Waals surface area (Å²) < 4.78 is 16.7. The Morgan fingerprint density at radius 1 is 0.914 bits per heavy atom. The number of esters is 2. The summed E-state index contributed by atoms with van der Waals surface area (Å²) in [6.07, 6.45) is 12.2. The summed E-state index contributed by atoms with van der Waals surface area (Å²) in [7, 11) is 0. The van der Waals surface area contributed by atoms with Crippen LogP contribution >= 0.6 is 0 Å². The lowest BCUT2D eigenvalue weighted by Crippen LogP contribution is -2.16. The van der Waals surface area contributed by atoms with E-state index in [0.29, 0.717) is 35.7 Å². The van der Waals surface area contributed by atoms with Crippen molar-refractivity contribution in [1.29, 1.82) is 0 Å². The van der Waals surface area contributed by atoms with Gasteiger partial charge in [0.1, 0.15) is 29.1 Å². The van der Waals surface area contributed by atoms with E-state index in [2.05, 4.69) is 6.92 Å². The van der Waals surface area contributed by atoms with Crippen LogP contribution in [0.25, 0.3) is 0 Å². The van der Waals surface area contributed by atoms with Crippen LogP contribution in [0.2, 0.25) is 0 Å². The van der Waals surface area contributed by atoms with Crippen LogP contribution in [0, 0.1) is 0 Å². The van der Waals surface area contributed by atoms with E-state index in [9.17, 15) is 14.7 Å². The normalized spacial score (nSPS) is 14.6. The molecule has 190 valence electrons. The minimum Gasteiger partial charge on any atom is -0.507 e. The lowest BCUT2D eigenvalue weighted by atomic mass is 9.96. The molecule has 1 aliphatic heterocycles. The highest BCUT2D eigenvalue weighted by Gasteiger charge is 2.24. The van der Waals surface area contributed by atoms with Crippen LogP contribution in [0.5, 0.6) is 23.0 Å². The number of aryl methyl sites for hydroxylation is 1. The molecule has 0 saturated carbocycles. The van der Waals surface area contributed by atoms with Crippen LogP contribution in [-0.4, -0.2) is 17.0 Å². The Kier molecular flexibility index (Phi) is 10.5. The van der Waals surface area contributed by atoms with E-state index in [1.54, 1.807) is 24.3 Å². The maximum Gasteiger partial charge on any atom is 0.311 e. The van der Waals surface area contributed by atoms with Gasteiger partial charge in [-0.05, 0) is 43.0 Å². The van der Waals surface area contributed by atoms with E-state index in [-0.39, 0.29) is 17.8 Å². The summed E-state index contributed by atoms with van der Waals surface area (Å²) in [6, 6.07) is 10.2. The van der Waals surface area contributed by atoms with Gasteiger partial charge in [0.2, 0.25) is 0 Å². The number of hydrogen-bond acceptors (Lipinski definition) is 6. The number of hydrogen-bond donors (Lipinski definition) is 1. The molecule has 0 saturated heterocycles. The van der Waals surface area contributed by atoms with E-state index >= 15 is 0 Å². The van der Waals surface area contributed by atoms with E-state index in [1.165, 1.54) is 51.5 Å². The van der Waals surface area contributed by atoms with Crippen molar-refractivity contribution < 1.29 is 28.9 Å². The Bertz CT molecular complexity index is 983. The highest BCUT2D eigenvalue weighted by molar-refractivity contribution is 5.72. The summed E-state index contributed by atoms with van der Waals surface area (Å²) in [4.78, 5) is 23.4. The first kappa shape index (κ1) is 26.6. The van der Waals surface area contributed by atoms with Crippen molar-refractivity contribution in [1.82, 2.24) is 0 Å². The molecule has 0 amide bonds. The largest absolute Gasteiger partial charge is 0.507 e. The molecular formula is C29H38O6. The molecule has 0 bridgehead atoms. The minimum atomic E-state index is -0.391. The summed E-state index contributed by atoms with van der Waals surface area (Å²) in [6.45, 7) is 3.58. The molecule has 35 heavy (non-hydrogen) atoms. The number of phenols is 1. The molecule has 1 atom stereocenters. The van der Waals surface area contributed by atoms with Gasteiger partial charge in [0.15, 0.2) is 0 Å². The Morgan fingerprint density at radius 2 is 1.57 bits per heavy atom. The standard InChI is InChI=1S/C29H38O6/c1-3-4-5-6-7-8-9-10-11-12-29(32)34-23-16-17-25(26(31)19-23)27-18-14-22-13-15-24(33-21(2)30)20-28(22)35-27/h13,15-17,19-20,27,31H,3-12,14,18H2,1-2H3. The molecule has 0 aliphatic carbocycles. The first-order chi connectivity index (χ1) is 17.0. The average Bonchev–Trinajstić information content (AvgIpc) is 2.82. The fourth-order valence-electron chi connectivity index (χ4n) is 4.42. The van der Waals surface area contributed by atoms with E-state index in [0.717, 1.165) is 31.2 Å². The molecule has 6 nitrogen and oxygen atoms in total. The van der Waals surface area contributed by atoms with Crippen molar-refractivity contribution in [3.63, 3.8) is 0 Å². The topological polar surface area (TPSA) is 82.1 Å². The number of benzene rings is 2. The van der Waals surface area contributed by atoms with Gasteiger partial charge in [-0.1, -0.05) is 64.4 Å². The summed E-state index contributed by atoms with van der Waals surface area (Å²) >= 11 is 0. The molecule has 2 aromatic carbocycles. The van der Waals surface area contributed by atoms with Crippen LogP contribution in [0.1, 0.15) is 102 Å². The summed E-state index contributed by atoms with van der Waals surface area (Å²) in [5.74, 6) is 0.758. The van der Waals surface area contributed by atoms with Gasteiger partial charge < -0.3 is 19.3 Å². The van der Waals surface area contributed by atoms with Gasteiger partial charge >= 0.3 is 11.9 Å². The van der Waals surface area contributed by atoms with Crippen LogP contribution in [0.15, 0.2) is 36.4 Å². The molecule has 0 radical (unpaired) electrons. The molecular weight excluding hydrogens is 444 g/mol. The third-order valence-electron chi connectivity index (χ3n) is 6.31. The third-order valence-corrected chi connectivity index (χ3v) is 6.31. The summed E-state index contributed by atoms with van der Waals surface area (Å²) in [5, 5.41) is 10.6. The molecule has 2 aromatic rings. The predicted octanol–water partition coefficient (Wildman–Crippen LogP) is 7.21. The minimum absolute atomic E-state index is 0.0305. The van der Waals surface area contributed by atoms with Gasteiger partial charge in [-0.15, -0.1) is 0 Å². The zero-order valence-corrected chi connectivity index (χ0v) is 21.0. The van der Waals surface area contributed by atoms with Gasteiger partial charge in [0.25, 0.3) is 0 Å². The fraction of sp³-hybridized carbons (Fsp3) is 0.517. The van der Waals surface area contributed by atoms with Crippen molar-refractivity contribution in [2.75, 3.05) is 0 Å². The molecule has 1 aliphatic rings. The quantitative estimate of drug-likeness (QED) is 0.184. The Morgan fingerprint density at radius 3 is 2.26 bits per heavy atom. The second-order valence-electron chi connectivity index (χ2n) is 9.28. The van der Waals surface area contributed by atoms with Crippen molar-refractivity contribution in [2.45, 2.75) is 97.0 Å². The zero-order valence-electron chi connectivity index (χ0n) is 21.0. The zero-order chi connectivity index (χ0) is 25.0. The first-order valence-electron chi connectivity index (χ1n) is 13.0. The highest BCUT2D eigenvalue weighted by Crippen LogP contribution is 2.40. The Balaban J connectivity index is 1.45. The van der Waals surface area contributed by atoms with Gasteiger partial charge in [0, 0.05) is 31.0 Å². The molecule has 1 N–H and O–H groups in total. The molecule has 0 fully saturated rings. The summed E-state index contributed by atoms with van der Waals surface area (Å²) in [5.41, 5.74) is 1.66. The first-order valence-corrected chi connectivity index (χ1v) is 13.0. The fourth-order valence-corrected chi connectivity index (χ4v) is 4.42. The number of carbonyl (C=O) groups is 2. The number of aromatic hydroxyl groups is 1. The number of ether oxygens (including phenoxy) is 3. The van der Waals surface area contributed by atoms with E-state index in [4.69, 9.17) is 14.2 Å². The maximum absolute atomic E-state index is 12.2. The number of fused-ring (bicyclic) bond motifs is 1. The lowest BCUT2D eigenvalue weighted by Gasteiger charge is -2.27. The molecule has 0 spiro atoms. The molecule has 1 unspecified atom stereocenters. The van der Waals surface area contributed by atoms with Gasteiger partial charge in [-0.2, -0.15) is 0 Å². The second kappa shape index (κ2) is 13.8. The Hall–Kier alpha value is -3.02. The van der Waals surface area contributed by atoms with Crippen molar-refractivity contribution >= 4 is 11.9 Å². The molecule has 1 heterocycles. The highest BCUT2D eigenvalue weighted by atomic mass is 16.5. The Labute approximate surface area is 208 Å². The predicted molar refractivity (Wildman–Crippen MR) is 135 cm³/mol. The lowest BCUT2D eigenvalue weighted by molar-refractivity contribution is -0.134. The van der Waals surface area contributed by atoms with Gasteiger partial charge in [0.05, 0.1) is 0 Å². The number of phenolic OH excluding ortho intramolecular Hbond substituents is 1. The second-order valence-corrected chi connectivity index (χ2v) is 9.28. The molecule has 0 aromatic heterocycles. The van der Waals surface area contributed by atoms with Crippen LogP contribution < -0.4 is 14.2 Å². The maximum atomic E-state index is 12.2. The number of rotatable bonds is 13. The smallest absolute Gasteiger partial charge is 0.311 e. The number of unbranched alkanes of at least 4 members (excludes halogenated alkanes) is 8. The molecule has 6 heteroatoms. The average molecular weight is 483 g/mol. The van der Waals surface area contributed by atoms with E-state index in [1.807, 2.05) is 6.07 Å². The SMILES string of the molecule is CCCCCCCCCCCC(=O)Oc1ccc(C2CCc3ccc(OC(C)=O)cc3O2)c(O)c1. The van der Waals surface area contributed by atoms with Crippen LogP contribution in [0.3, 0.4) is 0 Å². The number of carbonyl (C=O) groups excluding carboxylic acids is 2. The van der Waals surface area contributed by atoms with Crippen molar-refractivity contribution in [2.24, 2.45) is 0 Å². The molecule has 3 rings (SSSR count). The van der Waals surface area contributed by atoms with Crippen molar-refractivity contribution in [3.05, 3.63) is 47.5 Å². The monoisotopic (exact) mass is 482 g/mol.